The Morgan fingerprint density at radius 1 is 1.32 bits per heavy atom. The van der Waals surface area contributed by atoms with Crippen LogP contribution in [0.15, 0.2) is 27.6 Å². The molecule has 0 bridgehead atoms. The number of carbonyl (C=O) groups is 2. The van der Waals surface area contributed by atoms with Gasteiger partial charge in [-0.1, -0.05) is 0 Å². The van der Waals surface area contributed by atoms with Gasteiger partial charge in [0, 0.05) is 19.2 Å². The van der Waals surface area contributed by atoms with Crippen LogP contribution in [-0.2, 0) is 4.79 Å². The monoisotopic (exact) mass is 265 g/mol. The summed E-state index contributed by atoms with van der Waals surface area (Å²) in [7, 11) is 0. The van der Waals surface area contributed by atoms with Gasteiger partial charge in [0.2, 0.25) is 0 Å². The van der Waals surface area contributed by atoms with E-state index in [0.717, 1.165) is 6.26 Å². The molecule has 1 amide bonds. The minimum atomic E-state index is -0.828. The van der Waals surface area contributed by atoms with Crippen molar-refractivity contribution in [3.8, 4) is 0 Å². The highest BCUT2D eigenvalue weighted by Gasteiger charge is 2.38. The molecule has 102 valence electrons. The zero-order chi connectivity index (χ0) is 14.0. The van der Waals surface area contributed by atoms with Crippen LogP contribution in [0.2, 0.25) is 0 Å². The third-order valence-electron chi connectivity index (χ3n) is 3.62. The lowest BCUT2D eigenvalue weighted by atomic mass is 9.80. The van der Waals surface area contributed by atoms with Crippen molar-refractivity contribution in [2.45, 2.75) is 19.8 Å². The molecule has 0 spiro atoms. The van der Waals surface area contributed by atoms with Gasteiger partial charge in [-0.3, -0.25) is 9.59 Å². The average molecular weight is 265 g/mol. The molecule has 0 unspecified atom stereocenters. The summed E-state index contributed by atoms with van der Waals surface area (Å²) in [4.78, 5) is 35.6. The van der Waals surface area contributed by atoms with E-state index >= 15 is 0 Å². The molecule has 1 N–H and O–H groups in total. The molecule has 1 saturated heterocycles. The fraction of sp³-hybridized carbons (Fsp3) is 0.462. The zero-order valence-electron chi connectivity index (χ0n) is 10.6. The third-order valence-corrected chi connectivity index (χ3v) is 3.62. The van der Waals surface area contributed by atoms with E-state index in [0.29, 0.717) is 31.5 Å². The van der Waals surface area contributed by atoms with E-state index < -0.39 is 17.0 Å². The Balaban J connectivity index is 2.06. The van der Waals surface area contributed by atoms with Crippen LogP contribution < -0.4 is 5.63 Å². The molecule has 0 aromatic carbocycles. The fourth-order valence-corrected chi connectivity index (χ4v) is 2.08. The van der Waals surface area contributed by atoms with Crippen molar-refractivity contribution in [1.29, 1.82) is 0 Å². The van der Waals surface area contributed by atoms with E-state index in [1.54, 1.807) is 11.8 Å². The van der Waals surface area contributed by atoms with Crippen LogP contribution in [0.1, 0.15) is 30.1 Å². The molecule has 1 aromatic rings. The molecule has 1 aromatic heterocycles. The first-order valence-electron chi connectivity index (χ1n) is 6.04. The van der Waals surface area contributed by atoms with Crippen molar-refractivity contribution < 1.29 is 19.1 Å². The Kier molecular flexibility index (Phi) is 3.42. The molecule has 2 heterocycles. The molecule has 1 fully saturated rings. The Morgan fingerprint density at radius 2 is 1.95 bits per heavy atom. The summed E-state index contributed by atoms with van der Waals surface area (Å²) < 4.78 is 4.65. The maximum atomic E-state index is 12.1. The number of amides is 1. The number of aliphatic carboxylic acids is 1. The van der Waals surface area contributed by atoms with Crippen LogP contribution in [0.3, 0.4) is 0 Å². The SMILES string of the molecule is CC1(C(=O)O)CCN(C(=O)c2ccc(=O)oc2)CC1. The van der Waals surface area contributed by atoms with Gasteiger partial charge in [-0.25, -0.2) is 4.79 Å². The number of piperidine rings is 1. The average Bonchev–Trinajstić information content (AvgIpc) is 2.39. The minimum Gasteiger partial charge on any atom is -0.481 e. The summed E-state index contributed by atoms with van der Waals surface area (Å²) in [5, 5.41) is 9.12. The number of rotatable bonds is 2. The summed E-state index contributed by atoms with van der Waals surface area (Å²) in [5.41, 5.74) is -0.966. The molecule has 2 rings (SSSR count). The smallest absolute Gasteiger partial charge is 0.335 e. The lowest BCUT2D eigenvalue weighted by Crippen LogP contribution is -2.45. The number of carboxylic acid groups (broad SMARTS) is 1. The first kappa shape index (κ1) is 13.3. The van der Waals surface area contributed by atoms with Gasteiger partial charge in [-0.15, -0.1) is 0 Å². The number of hydrogen-bond acceptors (Lipinski definition) is 4. The fourth-order valence-electron chi connectivity index (χ4n) is 2.08. The number of carboxylic acids is 1. The summed E-state index contributed by atoms with van der Waals surface area (Å²) in [6.07, 6.45) is 1.98. The predicted octanol–water partition coefficient (Wildman–Crippen LogP) is 0.967. The van der Waals surface area contributed by atoms with Crippen LogP contribution in [-0.4, -0.2) is 35.0 Å². The summed E-state index contributed by atoms with van der Waals surface area (Å²) in [6, 6.07) is 2.61. The van der Waals surface area contributed by atoms with Gasteiger partial charge < -0.3 is 14.4 Å². The Morgan fingerprint density at radius 3 is 2.42 bits per heavy atom. The van der Waals surface area contributed by atoms with Crippen molar-refractivity contribution in [2.75, 3.05) is 13.1 Å². The second-order valence-electron chi connectivity index (χ2n) is 5.00. The van der Waals surface area contributed by atoms with Crippen LogP contribution in [0.5, 0.6) is 0 Å². The molecule has 1 aliphatic heterocycles. The van der Waals surface area contributed by atoms with Crippen molar-refractivity contribution in [2.24, 2.45) is 5.41 Å². The van der Waals surface area contributed by atoms with Gasteiger partial charge >= 0.3 is 11.6 Å². The van der Waals surface area contributed by atoms with E-state index in [1.807, 2.05) is 0 Å². The van der Waals surface area contributed by atoms with Crippen molar-refractivity contribution in [3.05, 3.63) is 34.4 Å². The molecule has 0 radical (unpaired) electrons. The lowest BCUT2D eigenvalue weighted by Gasteiger charge is -2.36. The third kappa shape index (κ3) is 2.67. The normalized spacial score (nSPS) is 18.1. The van der Waals surface area contributed by atoms with Crippen molar-refractivity contribution in [1.82, 2.24) is 4.90 Å². The van der Waals surface area contributed by atoms with Crippen LogP contribution in [0.4, 0.5) is 0 Å². The Labute approximate surface area is 109 Å². The van der Waals surface area contributed by atoms with Gasteiger partial charge in [0.05, 0.1) is 11.0 Å². The van der Waals surface area contributed by atoms with Crippen LogP contribution >= 0.6 is 0 Å². The number of hydrogen-bond donors (Lipinski definition) is 1. The van der Waals surface area contributed by atoms with Crippen LogP contribution in [0.25, 0.3) is 0 Å². The molecular formula is C13H15NO5. The van der Waals surface area contributed by atoms with Crippen molar-refractivity contribution >= 4 is 11.9 Å². The highest BCUT2D eigenvalue weighted by atomic mass is 16.4. The minimum absolute atomic E-state index is 0.240. The predicted molar refractivity (Wildman–Crippen MR) is 65.9 cm³/mol. The summed E-state index contributed by atoms with van der Waals surface area (Å²) in [6.45, 7) is 2.47. The first-order valence-corrected chi connectivity index (χ1v) is 6.04. The molecule has 6 heteroatoms. The molecule has 0 atom stereocenters. The molecular weight excluding hydrogens is 250 g/mol. The topological polar surface area (TPSA) is 87.8 Å². The molecule has 6 nitrogen and oxygen atoms in total. The highest BCUT2D eigenvalue weighted by Crippen LogP contribution is 2.31. The van der Waals surface area contributed by atoms with E-state index in [9.17, 15) is 14.4 Å². The number of nitrogens with zero attached hydrogens (tertiary/aromatic N) is 1. The maximum Gasteiger partial charge on any atom is 0.335 e. The largest absolute Gasteiger partial charge is 0.481 e. The van der Waals surface area contributed by atoms with Gasteiger partial charge in [-0.05, 0) is 25.8 Å². The number of carbonyl (C=O) groups excluding carboxylic acids is 1. The summed E-state index contributed by atoms with van der Waals surface area (Å²) >= 11 is 0. The zero-order valence-corrected chi connectivity index (χ0v) is 10.6. The quantitative estimate of drug-likeness (QED) is 0.860. The number of likely N-dealkylation sites (tertiary alicyclic amines) is 1. The first-order chi connectivity index (χ1) is 8.92. The second kappa shape index (κ2) is 4.87. The van der Waals surface area contributed by atoms with Gasteiger partial charge in [0.25, 0.3) is 5.91 Å². The van der Waals surface area contributed by atoms with E-state index in [4.69, 9.17) is 5.11 Å². The molecule has 19 heavy (non-hydrogen) atoms. The molecule has 0 aliphatic carbocycles. The second-order valence-corrected chi connectivity index (χ2v) is 5.00. The lowest BCUT2D eigenvalue weighted by molar-refractivity contribution is -0.150. The van der Waals surface area contributed by atoms with Crippen molar-refractivity contribution in [3.63, 3.8) is 0 Å². The molecule has 0 saturated carbocycles. The highest BCUT2D eigenvalue weighted by molar-refractivity contribution is 5.93. The molecule has 1 aliphatic rings. The van der Waals surface area contributed by atoms with Crippen LogP contribution in [0, 0.1) is 5.41 Å². The standard InChI is InChI=1S/C13H15NO5/c1-13(12(17)18)4-6-14(7-5-13)11(16)9-2-3-10(15)19-8-9/h2-3,8H,4-7H2,1H3,(H,17,18). The summed E-state index contributed by atoms with van der Waals surface area (Å²) in [5.74, 6) is -1.07. The van der Waals surface area contributed by atoms with E-state index in [1.165, 1.54) is 12.1 Å². The van der Waals surface area contributed by atoms with Gasteiger partial charge in [0.15, 0.2) is 0 Å². The Bertz CT molecular complexity index is 534. The van der Waals surface area contributed by atoms with Gasteiger partial charge in [-0.2, -0.15) is 0 Å². The van der Waals surface area contributed by atoms with E-state index in [-0.39, 0.29) is 5.91 Å². The van der Waals surface area contributed by atoms with E-state index in [2.05, 4.69) is 4.42 Å². The maximum absolute atomic E-state index is 12.1. The Hall–Kier alpha value is -2.11. The van der Waals surface area contributed by atoms with Gasteiger partial charge in [0.1, 0.15) is 6.26 Å².